The van der Waals surface area contributed by atoms with Crippen molar-refractivity contribution in [2.75, 3.05) is 6.26 Å². The molecule has 122 valence electrons. The van der Waals surface area contributed by atoms with Gasteiger partial charge < -0.3 is 11.5 Å². The van der Waals surface area contributed by atoms with Gasteiger partial charge in [0.25, 0.3) is 0 Å². The molecule has 0 radical (unpaired) electrons. The molecular formula is C14H16FN5O2S. The summed E-state index contributed by atoms with van der Waals surface area (Å²) in [5, 5.41) is 8.35. The minimum Gasteiger partial charge on any atom is -0.369 e. The summed E-state index contributed by atoms with van der Waals surface area (Å²) in [5.74, 6) is -0.524. The lowest BCUT2D eigenvalue weighted by Crippen LogP contribution is -2.22. The third kappa shape index (κ3) is 3.04. The minimum atomic E-state index is -3.59. The first-order valence-electron chi connectivity index (χ1n) is 6.95. The van der Waals surface area contributed by atoms with Gasteiger partial charge in [-0.15, -0.1) is 5.10 Å². The van der Waals surface area contributed by atoms with E-state index in [1.807, 2.05) is 0 Å². The first-order valence-corrected chi connectivity index (χ1v) is 8.80. The van der Waals surface area contributed by atoms with Gasteiger partial charge in [0.2, 0.25) is 16.0 Å². The van der Waals surface area contributed by atoms with Gasteiger partial charge >= 0.3 is 0 Å². The van der Waals surface area contributed by atoms with Crippen LogP contribution in [0.4, 0.5) is 4.39 Å². The van der Waals surface area contributed by atoms with Crippen molar-refractivity contribution in [3.05, 3.63) is 35.8 Å². The van der Waals surface area contributed by atoms with Crippen molar-refractivity contribution in [2.45, 2.75) is 12.8 Å². The quantitative estimate of drug-likeness (QED) is 0.491. The molecule has 0 unspecified atom stereocenters. The molecule has 4 N–H and O–H groups in total. The fourth-order valence-corrected chi connectivity index (χ4v) is 3.28. The van der Waals surface area contributed by atoms with E-state index in [1.165, 1.54) is 24.4 Å². The first-order chi connectivity index (χ1) is 10.8. The largest absolute Gasteiger partial charge is 0.369 e. The average Bonchev–Trinajstić information content (AvgIpc) is 3.19. The third-order valence-electron chi connectivity index (χ3n) is 3.60. The Morgan fingerprint density at radius 2 is 2.00 bits per heavy atom. The molecule has 1 fully saturated rings. The Morgan fingerprint density at radius 1 is 1.30 bits per heavy atom. The summed E-state index contributed by atoms with van der Waals surface area (Å²) < 4.78 is 38.6. The molecule has 0 spiro atoms. The van der Waals surface area contributed by atoms with Gasteiger partial charge in [-0.3, -0.25) is 0 Å². The molecule has 1 aliphatic carbocycles. The smallest absolute Gasteiger partial charge is 0.236 e. The predicted octanol–water partition coefficient (Wildman–Crippen LogP) is 0.976. The van der Waals surface area contributed by atoms with Crippen molar-refractivity contribution >= 4 is 32.6 Å². The molecule has 0 aliphatic heterocycles. The van der Waals surface area contributed by atoms with Crippen LogP contribution in [-0.2, 0) is 10.0 Å². The Bertz CT molecular complexity index is 937. The van der Waals surface area contributed by atoms with E-state index in [2.05, 4.69) is 10.2 Å². The fraction of sp³-hybridized carbons (Fsp3) is 0.286. The predicted molar refractivity (Wildman–Crippen MR) is 87.2 cm³/mol. The minimum absolute atomic E-state index is 0.168. The van der Waals surface area contributed by atoms with E-state index in [4.69, 9.17) is 11.5 Å². The van der Waals surface area contributed by atoms with Crippen LogP contribution in [0.2, 0.25) is 0 Å². The fourth-order valence-electron chi connectivity index (χ4n) is 2.47. The van der Waals surface area contributed by atoms with Crippen LogP contribution in [0, 0.1) is 11.7 Å². The number of guanidine groups is 1. The van der Waals surface area contributed by atoms with Crippen LogP contribution in [0.25, 0.3) is 10.9 Å². The monoisotopic (exact) mass is 337 g/mol. The van der Waals surface area contributed by atoms with Crippen molar-refractivity contribution < 1.29 is 12.8 Å². The molecule has 1 aromatic heterocycles. The maximum atomic E-state index is 13.5. The number of rotatable bonds is 4. The molecule has 2 aromatic rings. The molecule has 23 heavy (non-hydrogen) atoms. The lowest BCUT2D eigenvalue weighted by molar-refractivity contribution is 0.595. The highest BCUT2D eigenvalue weighted by molar-refractivity contribution is 7.89. The number of hydrogen-bond acceptors (Lipinski definition) is 4. The molecule has 3 rings (SSSR count). The highest BCUT2D eigenvalue weighted by Crippen LogP contribution is 2.36. The Morgan fingerprint density at radius 3 is 2.57 bits per heavy atom. The van der Waals surface area contributed by atoms with Gasteiger partial charge in [-0.25, -0.2) is 16.8 Å². The molecule has 0 bridgehead atoms. The van der Waals surface area contributed by atoms with E-state index in [-0.39, 0.29) is 17.4 Å². The summed E-state index contributed by atoms with van der Waals surface area (Å²) in [6.07, 6.45) is 4.35. The zero-order valence-corrected chi connectivity index (χ0v) is 13.2. The Balaban J connectivity index is 2.29. The number of nitrogens with zero attached hydrogens (tertiary/aromatic N) is 3. The molecule has 1 heterocycles. The molecular weight excluding hydrogens is 321 g/mol. The van der Waals surface area contributed by atoms with Crippen LogP contribution in [0.15, 0.2) is 34.6 Å². The lowest BCUT2D eigenvalue weighted by Gasteiger charge is -2.01. The summed E-state index contributed by atoms with van der Waals surface area (Å²) in [7, 11) is -3.59. The van der Waals surface area contributed by atoms with Crippen molar-refractivity contribution in [3.8, 4) is 0 Å². The first kappa shape index (κ1) is 15.5. The van der Waals surface area contributed by atoms with Gasteiger partial charge in [0, 0.05) is 23.1 Å². The second kappa shape index (κ2) is 5.34. The third-order valence-corrected chi connectivity index (χ3v) is 4.62. The summed E-state index contributed by atoms with van der Waals surface area (Å²) in [6.45, 7) is 0. The zero-order chi connectivity index (χ0) is 16.8. The summed E-state index contributed by atoms with van der Waals surface area (Å²) in [5.41, 5.74) is 12.1. The lowest BCUT2D eigenvalue weighted by atomic mass is 10.1. The van der Waals surface area contributed by atoms with Gasteiger partial charge in [-0.1, -0.05) is 0 Å². The van der Waals surface area contributed by atoms with Crippen LogP contribution >= 0.6 is 0 Å². The van der Waals surface area contributed by atoms with E-state index in [0.717, 1.165) is 23.1 Å². The van der Waals surface area contributed by atoms with Gasteiger partial charge in [-0.2, -0.15) is 5.10 Å². The van der Waals surface area contributed by atoms with Gasteiger partial charge in [0.1, 0.15) is 5.82 Å². The number of benzene rings is 1. The highest BCUT2D eigenvalue weighted by atomic mass is 32.2. The molecule has 1 aliphatic rings. The van der Waals surface area contributed by atoms with Crippen LogP contribution < -0.4 is 11.5 Å². The molecule has 0 amide bonds. The van der Waals surface area contributed by atoms with Crippen molar-refractivity contribution in [1.29, 1.82) is 0 Å². The van der Waals surface area contributed by atoms with Gasteiger partial charge in [-0.05, 0) is 31.0 Å². The number of fused-ring (bicyclic) bond motifs is 1. The Labute approximate surface area is 132 Å². The van der Waals surface area contributed by atoms with Crippen molar-refractivity contribution in [2.24, 2.45) is 27.6 Å². The van der Waals surface area contributed by atoms with Crippen molar-refractivity contribution in [1.82, 2.24) is 3.97 Å². The van der Waals surface area contributed by atoms with Crippen LogP contribution in [0.1, 0.15) is 18.4 Å². The highest BCUT2D eigenvalue weighted by Gasteiger charge is 2.31. The molecule has 1 aromatic carbocycles. The standard InChI is InChI=1S/C14H16FN5O2S/c1-23(21,22)20-7-11(10-5-4-9(15)6-12(10)20)13(8-2-3-8)18-19-14(16)17/h4-8H,2-3H2,1H3,(H4,16,17,19). The van der Waals surface area contributed by atoms with E-state index in [1.54, 1.807) is 0 Å². The van der Waals surface area contributed by atoms with E-state index in [9.17, 15) is 12.8 Å². The second-order valence-electron chi connectivity index (χ2n) is 5.55. The van der Waals surface area contributed by atoms with Gasteiger partial charge in [0.15, 0.2) is 0 Å². The van der Waals surface area contributed by atoms with Crippen LogP contribution in [0.5, 0.6) is 0 Å². The van der Waals surface area contributed by atoms with E-state index < -0.39 is 15.8 Å². The van der Waals surface area contributed by atoms with Crippen molar-refractivity contribution in [3.63, 3.8) is 0 Å². The normalized spacial score (nSPS) is 15.8. The summed E-state index contributed by atoms with van der Waals surface area (Å²) in [6, 6.07) is 4.00. The maximum absolute atomic E-state index is 13.5. The number of hydrogen-bond donors (Lipinski definition) is 2. The number of aromatic nitrogens is 1. The number of nitrogens with two attached hydrogens (primary N) is 2. The van der Waals surface area contributed by atoms with E-state index >= 15 is 0 Å². The SMILES string of the molecule is CS(=O)(=O)n1cc(C(=NN=C(N)N)C2CC2)c2ccc(F)cc21. The van der Waals surface area contributed by atoms with E-state index in [0.29, 0.717) is 16.7 Å². The maximum Gasteiger partial charge on any atom is 0.236 e. The Kier molecular flexibility index (Phi) is 3.59. The summed E-state index contributed by atoms with van der Waals surface area (Å²) in [4.78, 5) is 0. The molecule has 7 nitrogen and oxygen atoms in total. The summed E-state index contributed by atoms with van der Waals surface area (Å²) >= 11 is 0. The van der Waals surface area contributed by atoms with Crippen LogP contribution in [-0.4, -0.2) is 30.3 Å². The van der Waals surface area contributed by atoms with Crippen LogP contribution in [0.3, 0.4) is 0 Å². The molecule has 0 atom stereocenters. The molecule has 9 heteroatoms. The Hall–Kier alpha value is -2.42. The number of halogens is 1. The topological polar surface area (TPSA) is 116 Å². The second-order valence-corrected chi connectivity index (χ2v) is 7.41. The zero-order valence-electron chi connectivity index (χ0n) is 12.4. The molecule has 0 saturated heterocycles. The van der Waals surface area contributed by atoms with Gasteiger partial charge in [0.05, 0.1) is 17.5 Å². The molecule has 1 saturated carbocycles. The average molecular weight is 337 g/mol.